The SMILES string of the molecule is CCCC/C=C/C=C/COC(CO)COCc1ccccc1. The fraction of sp³-hybridized carbons (Fsp3) is 0.474. The Balaban J connectivity index is 2.11. The van der Waals surface area contributed by atoms with Gasteiger partial charge in [-0.25, -0.2) is 0 Å². The van der Waals surface area contributed by atoms with Gasteiger partial charge in [-0.3, -0.25) is 0 Å². The van der Waals surface area contributed by atoms with Gasteiger partial charge in [0.1, 0.15) is 6.10 Å². The molecule has 0 bridgehead atoms. The molecule has 22 heavy (non-hydrogen) atoms. The molecule has 0 aliphatic heterocycles. The summed E-state index contributed by atoms with van der Waals surface area (Å²) in [5.41, 5.74) is 1.12. The first-order chi connectivity index (χ1) is 10.9. The van der Waals surface area contributed by atoms with Crippen LogP contribution in [-0.4, -0.2) is 31.0 Å². The first-order valence-electron chi connectivity index (χ1n) is 8.02. The van der Waals surface area contributed by atoms with E-state index < -0.39 is 0 Å². The summed E-state index contributed by atoms with van der Waals surface area (Å²) in [5, 5.41) is 9.28. The predicted octanol–water partition coefficient (Wildman–Crippen LogP) is 3.88. The standard InChI is InChI=1S/C19H28O3/c1-2-3-4-5-6-7-11-14-22-19(15-20)17-21-16-18-12-9-8-10-13-18/h5-13,19-20H,2-4,14-17H2,1H3/b6-5+,11-7+. The Labute approximate surface area is 134 Å². The van der Waals surface area contributed by atoms with Gasteiger partial charge in [0.15, 0.2) is 0 Å². The molecular weight excluding hydrogens is 276 g/mol. The first-order valence-corrected chi connectivity index (χ1v) is 8.02. The van der Waals surface area contributed by atoms with Gasteiger partial charge >= 0.3 is 0 Å². The van der Waals surface area contributed by atoms with E-state index in [1.165, 1.54) is 12.8 Å². The third-order valence-corrected chi connectivity index (χ3v) is 3.15. The number of unbranched alkanes of at least 4 members (excludes halogenated alkanes) is 2. The van der Waals surface area contributed by atoms with Gasteiger partial charge < -0.3 is 14.6 Å². The van der Waals surface area contributed by atoms with Crippen molar-refractivity contribution in [2.24, 2.45) is 0 Å². The van der Waals surface area contributed by atoms with Crippen LogP contribution in [-0.2, 0) is 16.1 Å². The predicted molar refractivity (Wildman–Crippen MR) is 90.7 cm³/mol. The molecule has 0 spiro atoms. The second-order valence-corrected chi connectivity index (χ2v) is 5.14. The van der Waals surface area contributed by atoms with E-state index in [0.29, 0.717) is 19.8 Å². The van der Waals surface area contributed by atoms with E-state index in [1.807, 2.05) is 48.6 Å². The molecule has 0 saturated carbocycles. The fourth-order valence-corrected chi connectivity index (χ4v) is 1.86. The first kappa shape index (κ1) is 18.6. The van der Waals surface area contributed by atoms with Crippen LogP contribution >= 0.6 is 0 Å². The Kier molecular flexibility index (Phi) is 11.2. The maximum atomic E-state index is 9.28. The number of rotatable bonds is 12. The second kappa shape index (κ2) is 13.3. The lowest BCUT2D eigenvalue weighted by molar-refractivity contribution is -0.0371. The van der Waals surface area contributed by atoms with Crippen LogP contribution < -0.4 is 0 Å². The van der Waals surface area contributed by atoms with E-state index in [0.717, 1.165) is 12.0 Å². The largest absolute Gasteiger partial charge is 0.394 e. The van der Waals surface area contributed by atoms with Gasteiger partial charge in [-0.1, -0.05) is 74.4 Å². The topological polar surface area (TPSA) is 38.7 Å². The molecule has 0 heterocycles. The summed E-state index contributed by atoms with van der Waals surface area (Å²) in [4.78, 5) is 0. The molecule has 0 saturated heterocycles. The minimum Gasteiger partial charge on any atom is -0.394 e. The van der Waals surface area contributed by atoms with Crippen LogP contribution in [0, 0.1) is 0 Å². The lowest BCUT2D eigenvalue weighted by Gasteiger charge is -2.14. The molecule has 1 rings (SSSR count). The van der Waals surface area contributed by atoms with Crippen molar-refractivity contribution in [2.45, 2.75) is 38.9 Å². The number of aliphatic hydroxyl groups excluding tert-OH is 1. The Morgan fingerprint density at radius 1 is 1.14 bits per heavy atom. The molecule has 0 aromatic heterocycles. The summed E-state index contributed by atoms with van der Waals surface area (Å²) in [6.45, 7) is 3.57. The number of hydrogen-bond acceptors (Lipinski definition) is 3. The third kappa shape index (κ3) is 9.50. The maximum Gasteiger partial charge on any atom is 0.104 e. The number of hydrogen-bond donors (Lipinski definition) is 1. The van der Waals surface area contributed by atoms with Crippen molar-refractivity contribution in [1.29, 1.82) is 0 Å². The molecule has 0 aliphatic rings. The Bertz CT molecular complexity index is 412. The van der Waals surface area contributed by atoms with Crippen LogP contribution in [0.25, 0.3) is 0 Å². The van der Waals surface area contributed by atoms with Gasteiger partial charge in [0.25, 0.3) is 0 Å². The third-order valence-electron chi connectivity index (χ3n) is 3.15. The summed E-state index contributed by atoms with van der Waals surface area (Å²) in [6, 6.07) is 9.98. The molecule has 1 N–H and O–H groups in total. The lowest BCUT2D eigenvalue weighted by Crippen LogP contribution is -2.24. The average Bonchev–Trinajstić information content (AvgIpc) is 2.56. The van der Waals surface area contributed by atoms with Crippen molar-refractivity contribution in [1.82, 2.24) is 0 Å². The smallest absolute Gasteiger partial charge is 0.104 e. The number of allylic oxidation sites excluding steroid dienone is 3. The molecule has 3 nitrogen and oxygen atoms in total. The quantitative estimate of drug-likeness (QED) is 0.470. The van der Waals surface area contributed by atoms with E-state index in [4.69, 9.17) is 9.47 Å². The fourth-order valence-electron chi connectivity index (χ4n) is 1.86. The Morgan fingerprint density at radius 2 is 1.91 bits per heavy atom. The van der Waals surface area contributed by atoms with Crippen LogP contribution in [0.5, 0.6) is 0 Å². The molecular formula is C19H28O3. The van der Waals surface area contributed by atoms with E-state index in [1.54, 1.807) is 0 Å². The number of benzene rings is 1. The minimum absolute atomic E-state index is 0.0328. The summed E-state index contributed by atoms with van der Waals surface area (Å²) in [6.07, 6.45) is 11.4. The summed E-state index contributed by atoms with van der Waals surface area (Å²) in [5.74, 6) is 0. The second-order valence-electron chi connectivity index (χ2n) is 5.14. The monoisotopic (exact) mass is 304 g/mol. The van der Waals surface area contributed by atoms with Crippen molar-refractivity contribution < 1.29 is 14.6 Å². The molecule has 0 amide bonds. The molecule has 0 fully saturated rings. The molecule has 3 heteroatoms. The van der Waals surface area contributed by atoms with Crippen molar-refractivity contribution in [3.8, 4) is 0 Å². The van der Waals surface area contributed by atoms with Gasteiger partial charge in [-0.05, 0) is 12.0 Å². The van der Waals surface area contributed by atoms with Gasteiger partial charge in [0.05, 0.1) is 26.4 Å². The van der Waals surface area contributed by atoms with Gasteiger partial charge in [0.2, 0.25) is 0 Å². The number of aliphatic hydroxyl groups is 1. The zero-order chi connectivity index (χ0) is 15.9. The minimum atomic E-state index is -0.280. The van der Waals surface area contributed by atoms with Crippen molar-refractivity contribution in [3.05, 3.63) is 60.2 Å². The molecule has 1 aromatic rings. The van der Waals surface area contributed by atoms with Crippen LogP contribution in [0.1, 0.15) is 31.7 Å². The van der Waals surface area contributed by atoms with Crippen LogP contribution in [0.3, 0.4) is 0 Å². The highest BCUT2D eigenvalue weighted by Gasteiger charge is 2.06. The zero-order valence-corrected chi connectivity index (χ0v) is 13.5. The van der Waals surface area contributed by atoms with Crippen molar-refractivity contribution in [3.63, 3.8) is 0 Å². The van der Waals surface area contributed by atoms with Gasteiger partial charge in [-0.15, -0.1) is 0 Å². The van der Waals surface area contributed by atoms with E-state index in [2.05, 4.69) is 13.0 Å². The van der Waals surface area contributed by atoms with Crippen molar-refractivity contribution in [2.75, 3.05) is 19.8 Å². The highest BCUT2D eigenvalue weighted by atomic mass is 16.5. The van der Waals surface area contributed by atoms with E-state index in [-0.39, 0.29) is 12.7 Å². The molecule has 0 aliphatic carbocycles. The van der Waals surface area contributed by atoms with E-state index >= 15 is 0 Å². The van der Waals surface area contributed by atoms with Gasteiger partial charge in [-0.2, -0.15) is 0 Å². The van der Waals surface area contributed by atoms with Crippen LogP contribution in [0.2, 0.25) is 0 Å². The average molecular weight is 304 g/mol. The lowest BCUT2D eigenvalue weighted by atomic mass is 10.2. The maximum absolute atomic E-state index is 9.28. The molecule has 1 aromatic carbocycles. The van der Waals surface area contributed by atoms with Crippen LogP contribution in [0.4, 0.5) is 0 Å². The summed E-state index contributed by atoms with van der Waals surface area (Å²) < 4.78 is 11.1. The molecule has 122 valence electrons. The molecule has 0 radical (unpaired) electrons. The normalized spacial score (nSPS) is 13.2. The molecule has 1 unspecified atom stereocenters. The van der Waals surface area contributed by atoms with Crippen LogP contribution in [0.15, 0.2) is 54.6 Å². The van der Waals surface area contributed by atoms with E-state index in [9.17, 15) is 5.11 Å². The number of ether oxygens (including phenoxy) is 2. The highest BCUT2D eigenvalue weighted by molar-refractivity contribution is 5.13. The summed E-state index contributed by atoms with van der Waals surface area (Å²) >= 11 is 0. The highest BCUT2D eigenvalue weighted by Crippen LogP contribution is 2.02. The van der Waals surface area contributed by atoms with Gasteiger partial charge in [0, 0.05) is 0 Å². The van der Waals surface area contributed by atoms with Crippen molar-refractivity contribution >= 4 is 0 Å². The zero-order valence-electron chi connectivity index (χ0n) is 13.5. The summed E-state index contributed by atoms with van der Waals surface area (Å²) in [7, 11) is 0. The Morgan fingerprint density at radius 3 is 2.64 bits per heavy atom. The molecule has 1 atom stereocenters. The Hall–Kier alpha value is -1.42.